The lowest BCUT2D eigenvalue weighted by molar-refractivity contribution is 0.0556. The van der Waals surface area contributed by atoms with E-state index in [4.69, 9.17) is 9.15 Å². The van der Waals surface area contributed by atoms with Crippen molar-refractivity contribution in [2.45, 2.75) is 25.2 Å². The molecular formula is C22H23N3O3. The van der Waals surface area contributed by atoms with Gasteiger partial charge >= 0.3 is 0 Å². The van der Waals surface area contributed by atoms with Crippen molar-refractivity contribution >= 4 is 5.91 Å². The summed E-state index contributed by atoms with van der Waals surface area (Å²) in [7, 11) is 1.66. The third-order valence-electron chi connectivity index (χ3n) is 5.85. The van der Waals surface area contributed by atoms with Gasteiger partial charge in [-0.15, -0.1) is 0 Å². The maximum atomic E-state index is 13.2. The Bertz CT molecular complexity index is 961. The Kier molecular flexibility index (Phi) is 4.20. The van der Waals surface area contributed by atoms with Crippen molar-refractivity contribution in [2.24, 2.45) is 0 Å². The van der Waals surface area contributed by atoms with Crippen molar-refractivity contribution in [3.8, 4) is 5.75 Å². The summed E-state index contributed by atoms with van der Waals surface area (Å²) in [5.41, 5.74) is 3.06. The molecule has 2 atom stereocenters. The van der Waals surface area contributed by atoms with Crippen LogP contribution in [0.15, 0.2) is 65.6 Å². The normalized spacial score (nSPS) is 21.6. The van der Waals surface area contributed by atoms with Crippen molar-refractivity contribution in [1.29, 1.82) is 0 Å². The Morgan fingerprint density at radius 2 is 1.86 bits per heavy atom. The standard InChI is InChI=1S/C22H23N3O3/c1-27-18-6-4-16(5-7-18)12-25-21-14-23(11-17-8-10-28-15-17)13-20(21)24-9-2-3-19(24)22(25)26/h2-10,15,20-21H,11-14H2,1H3/t20-,21-/m1/s1. The summed E-state index contributed by atoms with van der Waals surface area (Å²) in [5.74, 6) is 0.930. The second-order valence-corrected chi connectivity index (χ2v) is 7.54. The molecule has 5 rings (SSSR count). The predicted molar refractivity (Wildman–Crippen MR) is 104 cm³/mol. The minimum absolute atomic E-state index is 0.104. The van der Waals surface area contributed by atoms with Gasteiger partial charge in [-0.05, 0) is 35.9 Å². The Morgan fingerprint density at radius 3 is 2.61 bits per heavy atom. The van der Waals surface area contributed by atoms with Gasteiger partial charge in [-0.2, -0.15) is 0 Å². The molecule has 1 amide bonds. The number of rotatable bonds is 5. The van der Waals surface area contributed by atoms with Crippen LogP contribution in [0.4, 0.5) is 0 Å². The third kappa shape index (κ3) is 2.90. The summed E-state index contributed by atoms with van der Waals surface area (Å²) >= 11 is 0. The fourth-order valence-electron chi connectivity index (χ4n) is 4.48. The number of carbonyl (C=O) groups excluding carboxylic acids is 1. The van der Waals surface area contributed by atoms with Crippen LogP contribution in [0.1, 0.15) is 27.7 Å². The molecule has 0 bridgehead atoms. The van der Waals surface area contributed by atoms with E-state index in [9.17, 15) is 4.79 Å². The number of benzene rings is 1. The average molecular weight is 377 g/mol. The summed E-state index contributed by atoms with van der Waals surface area (Å²) in [5, 5.41) is 0. The third-order valence-corrected chi connectivity index (χ3v) is 5.85. The van der Waals surface area contributed by atoms with Crippen LogP contribution in [0, 0.1) is 0 Å². The van der Waals surface area contributed by atoms with E-state index in [0.29, 0.717) is 6.54 Å². The molecule has 0 spiro atoms. The van der Waals surface area contributed by atoms with Crippen LogP contribution in [0.2, 0.25) is 0 Å². The summed E-state index contributed by atoms with van der Waals surface area (Å²) in [6, 6.07) is 14.3. The number of carbonyl (C=O) groups is 1. The number of aromatic nitrogens is 1. The molecule has 1 saturated heterocycles. The van der Waals surface area contributed by atoms with E-state index in [2.05, 4.69) is 9.47 Å². The lowest BCUT2D eigenvalue weighted by atomic mass is 10.0. The molecule has 0 unspecified atom stereocenters. The molecule has 0 aliphatic carbocycles. The first-order valence-electron chi connectivity index (χ1n) is 9.57. The zero-order valence-electron chi connectivity index (χ0n) is 15.8. The molecule has 4 heterocycles. The van der Waals surface area contributed by atoms with Crippen LogP contribution in [-0.2, 0) is 13.1 Å². The monoisotopic (exact) mass is 377 g/mol. The van der Waals surface area contributed by atoms with Crippen molar-refractivity contribution in [3.05, 3.63) is 78.0 Å². The van der Waals surface area contributed by atoms with E-state index in [1.54, 1.807) is 19.6 Å². The van der Waals surface area contributed by atoms with Crippen molar-refractivity contribution in [3.63, 3.8) is 0 Å². The minimum Gasteiger partial charge on any atom is -0.497 e. The maximum absolute atomic E-state index is 13.2. The molecule has 2 aliphatic heterocycles. The van der Waals surface area contributed by atoms with E-state index >= 15 is 0 Å². The summed E-state index contributed by atoms with van der Waals surface area (Å²) in [6.45, 7) is 3.22. The Balaban J connectivity index is 1.42. The van der Waals surface area contributed by atoms with Crippen LogP contribution < -0.4 is 4.74 Å². The van der Waals surface area contributed by atoms with Gasteiger partial charge in [0, 0.05) is 37.9 Å². The first-order valence-corrected chi connectivity index (χ1v) is 9.57. The SMILES string of the molecule is COc1ccc(CN2C(=O)c3cccn3[C@@H]3CN(Cc4ccoc4)C[C@H]32)cc1. The van der Waals surface area contributed by atoms with E-state index in [1.165, 1.54) is 5.56 Å². The van der Waals surface area contributed by atoms with Crippen LogP contribution in [-0.4, -0.2) is 46.5 Å². The van der Waals surface area contributed by atoms with Gasteiger partial charge in [-0.1, -0.05) is 12.1 Å². The number of nitrogens with zero attached hydrogens (tertiary/aromatic N) is 3. The molecule has 0 N–H and O–H groups in total. The number of furan rings is 1. The van der Waals surface area contributed by atoms with Crippen LogP contribution in [0.3, 0.4) is 0 Å². The fourth-order valence-corrected chi connectivity index (χ4v) is 4.48. The van der Waals surface area contributed by atoms with E-state index in [1.807, 2.05) is 53.6 Å². The number of hydrogen-bond donors (Lipinski definition) is 0. The number of likely N-dealkylation sites (tertiary alicyclic amines) is 1. The zero-order valence-corrected chi connectivity index (χ0v) is 15.8. The molecule has 0 radical (unpaired) electrons. The molecule has 28 heavy (non-hydrogen) atoms. The van der Waals surface area contributed by atoms with Gasteiger partial charge in [0.2, 0.25) is 0 Å². The van der Waals surface area contributed by atoms with Gasteiger partial charge in [0.15, 0.2) is 0 Å². The van der Waals surface area contributed by atoms with Crippen molar-refractivity contribution in [1.82, 2.24) is 14.4 Å². The molecule has 0 saturated carbocycles. The quantitative estimate of drug-likeness (QED) is 0.685. The molecular weight excluding hydrogens is 354 g/mol. The molecule has 144 valence electrons. The Labute approximate surface area is 163 Å². The van der Waals surface area contributed by atoms with Gasteiger partial charge < -0.3 is 18.6 Å². The highest BCUT2D eigenvalue weighted by Crippen LogP contribution is 2.35. The lowest BCUT2D eigenvalue weighted by Crippen LogP contribution is -2.49. The Hall–Kier alpha value is -2.99. The fraction of sp³-hybridized carbons (Fsp3) is 0.318. The molecule has 1 fully saturated rings. The second kappa shape index (κ2) is 6.87. The zero-order chi connectivity index (χ0) is 19.1. The number of hydrogen-bond acceptors (Lipinski definition) is 4. The maximum Gasteiger partial charge on any atom is 0.271 e. The first-order chi connectivity index (χ1) is 13.7. The highest BCUT2D eigenvalue weighted by atomic mass is 16.5. The summed E-state index contributed by atoms with van der Waals surface area (Å²) in [6.07, 6.45) is 5.54. The van der Waals surface area contributed by atoms with E-state index in [-0.39, 0.29) is 18.0 Å². The first kappa shape index (κ1) is 17.1. The molecule has 3 aromatic rings. The smallest absolute Gasteiger partial charge is 0.271 e. The van der Waals surface area contributed by atoms with Gasteiger partial charge in [0.1, 0.15) is 11.4 Å². The Morgan fingerprint density at radius 1 is 1.04 bits per heavy atom. The number of ether oxygens (including phenoxy) is 1. The topological polar surface area (TPSA) is 50.9 Å². The van der Waals surface area contributed by atoms with Gasteiger partial charge in [0.05, 0.1) is 31.7 Å². The average Bonchev–Trinajstić information content (AvgIpc) is 3.46. The molecule has 1 aromatic carbocycles. The van der Waals surface area contributed by atoms with E-state index in [0.717, 1.165) is 36.6 Å². The molecule has 2 aliphatic rings. The van der Waals surface area contributed by atoms with Crippen molar-refractivity contribution < 1.29 is 13.9 Å². The van der Waals surface area contributed by atoms with Crippen LogP contribution in [0.5, 0.6) is 5.75 Å². The van der Waals surface area contributed by atoms with Crippen LogP contribution >= 0.6 is 0 Å². The van der Waals surface area contributed by atoms with Gasteiger partial charge in [-0.3, -0.25) is 9.69 Å². The number of methoxy groups -OCH3 is 1. The molecule has 2 aromatic heterocycles. The van der Waals surface area contributed by atoms with Gasteiger partial charge in [0.25, 0.3) is 5.91 Å². The highest BCUT2D eigenvalue weighted by molar-refractivity contribution is 5.94. The van der Waals surface area contributed by atoms with Gasteiger partial charge in [-0.25, -0.2) is 0 Å². The summed E-state index contributed by atoms with van der Waals surface area (Å²) in [4.78, 5) is 17.7. The molecule has 6 nitrogen and oxygen atoms in total. The van der Waals surface area contributed by atoms with Crippen LogP contribution in [0.25, 0.3) is 0 Å². The highest BCUT2D eigenvalue weighted by Gasteiger charge is 2.44. The molecule has 6 heteroatoms. The predicted octanol–water partition coefficient (Wildman–Crippen LogP) is 3.17. The van der Waals surface area contributed by atoms with Crippen molar-refractivity contribution in [2.75, 3.05) is 20.2 Å². The second-order valence-electron chi connectivity index (χ2n) is 7.54. The minimum atomic E-state index is 0.104. The summed E-state index contributed by atoms with van der Waals surface area (Å²) < 4.78 is 12.6. The lowest BCUT2D eigenvalue weighted by Gasteiger charge is -2.38. The largest absolute Gasteiger partial charge is 0.497 e. The van der Waals surface area contributed by atoms with E-state index < -0.39 is 0 Å². The number of amides is 1. The number of fused-ring (bicyclic) bond motifs is 3.